The van der Waals surface area contributed by atoms with Crippen molar-refractivity contribution < 1.29 is 4.79 Å². The number of nitrogens with one attached hydrogen (secondary N) is 1. The molecule has 0 aliphatic carbocycles. The molecule has 0 bridgehead atoms. The first kappa shape index (κ1) is 17.9. The summed E-state index contributed by atoms with van der Waals surface area (Å²) in [5, 5.41) is 3.05. The average Bonchev–Trinajstić information content (AvgIpc) is 3.45. The first-order chi connectivity index (χ1) is 14.2. The van der Waals surface area contributed by atoms with Gasteiger partial charge in [-0.1, -0.05) is 30.3 Å². The van der Waals surface area contributed by atoms with E-state index in [-0.39, 0.29) is 6.03 Å². The fourth-order valence-corrected chi connectivity index (χ4v) is 4.55. The summed E-state index contributed by atoms with van der Waals surface area (Å²) >= 11 is 0. The molecule has 2 aliphatic heterocycles. The zero-order chi connectivity index (χ0) is 19.8. The third-order valence-corrected chi connectivity index (χ3v) is 6.08. The van der Waals surface area contributed by atoms with Crippen LogP contribution in [0.3, 0.4) is 0 Å². The topological polar surface area (TPSA) is 79.2 Å². The molecule has 1 aromatic carbocycles. The Morgan fingerprint density at radius 3 is 2.55 bits per heavy atom. The fourth-order valence-electron chi connectivity index (χ4n) is 4.55. The highest BCUT2D eigenvalue weighted by molar-refractivity contribution is 5.83. The molecule has 2 aliphatic rings. The number of urea groups is 1. The maximum Gasteiger partial charge on any atom is 0.317 e. The number of imidazole rings is 1. The molecule has 1 N–H and O–H groups in total. The second kappa shape index (κ2) is 7.35. The van der Waals surface area contributed by atoms with Crippen LogP contribution in [-0.2, 0) is 13.1 Å². The van der Waals surface area contributed by atoms with Crippen LogP contribution in [-0.4, -0.2) is 56.6 Å². The lowest BCUT2D eigenvalue weighted by atomic mass is 10.0. The highest BCUT2D eigenvalue weighted by atomic mass is 16.2. The van der Waals surface area contributed by atoms with Gasteiger partial charge in [0.05, 0.1) is 6.33 Å². The number of fused-ring (bicyclic) bond motifs is 2. The molecule has 2 unspecified atom stereocenters. The largest absolute Gasteiger partial charge is 0.354 e. The summed E-state index contributed by atoms with van der Waals surface area (Å²) in [6.45, 7) is 6.87. The lowest BCUT2D eigenvalue weighted by Crippen LogP contribution is -2.40. The number of aromatic nitrogens is 4. The number of anilines is 1. The summed E-state index contributed by atoms with van der Waals surface area (Å²) in [5.41, 5.74) is 2.87. The number of nitrogens with zero attached hydrogens (tertiary/aromatic N) is 6. The summed E-state index contributed by atoms with van der Waals surface area (Å²) < 4.78 is 2.04. The van der Waals surface area contributed by atoms with Crippen molar-refractivity contribution in [3.8, 4) is 0 Å². The van der Waals surface area contributed by atoms with Crippen molar-refractivity contribution in [1.29, 1.82) is 0 Å². The number of carbonyl (C=O) groups is 1. The molecule has 2 saturated heterocycles. The van der Waals surface area contributed by atoms with Crippen LogP contribution >= 0.6 is 0 Å². The Morgan fingerprint density at radius 2 is 1.83 bits per heavy atom. The second-order valence-corrected chi connectivity index (χ2v) is 7.87. The third kappa shape index (κ3) is 3.28. The maximum atomic E-state index is 12.6. The Kier molecular flexibility index (Phi) is 4.54. The number of hydrogen-bond donors (Lipinski definition) is 1. The number of carbonyl (C=O) groups excluding carboxylic acids is 1. The van der Waals surface area contributed by atoms with Crippen molar-refractivity contribution in [2.24, 2.45) is 11.8 Å². The zero-order valence-electron chi connectivity index (χ0n) is 16.5. The third-order valence-electron chi connectivity index (χ3n) is 6.08. The molecule has 0 saturated carbocycles. The molecule has 29 heavy (non-hydrogen) atoms. The lowest BCUT2D eigenvalue weighted by Gasteiger charge is -2.22. The van der Waals surface area contributed by atoms with Gasteiger partial charge < -0.3 is 19.7 Å². The van der Waals surface area contributed by atoms with Crippen molar-refractivity contribution in [3.05, 3.63) is 48.5 Å². The van der Waals surface area contributed by atoms with Gasteiger partial charge in [-0.3, -0.25) is 0 Å². The van der Waals surface area contributed by atoms with Gasteiger partial charge in [-0.05, 0) is 12.5 Å². The van der Waals surface area contributed by atoms with Gasteiger partial charge in [0.15, 0.2) is 17.0 Å². The normalized spacial score (nSPS) is 21.0. The predicted molar refractivity (Wildman–Crippen MR) is 110 cm³/mol. The van der Waals surface area contributed by atoms with Gasteiger partial charge in [0.1, 0.15) is 6.33 Å². The van der Waals surface area contributed by atoms with E-state index in [0.717, 1.165) is 55.3 Å². The highest BCUT2D eigenvalue weighted by Gasteiger charge is 2.42. The predicted octanol–water partition coefficient (Wildman–Crippen LogP) is 2.12. The molecule has 2 atom stereocenters. The summed E-state index contributed by atoms with van der Waals surface area (Å²) in [5.74, 6) is 1.85. The number of aryl methyl sites for hydroxylation is 1. The first-order valence-electron chi connectivity index (χ1n) is 10.2. The minimum Gasteiger partial charge on any atom is -0.354 e. The van der Waals surface area contributed by atoms with Gasteiger partial charge in [-0.15, -0.1) is 0 Å². The summed E-state index contributed by atoms with van der Waals surface area (Å²) in [4.78, 5) is 30.3. The quantitative estimate of drug-likeness (QED) is 0.737. The second-order valence-electron chi connectivity index (χ2n) is 7.87. The van der Waals surface area contributed by atoms with Gasteiger partial charge in [-0.2, -0.15) is 0 Å². The molecule has 150 valence electrons. The van der Waals surface area contributed by atoms with Gasteiger partial charge >= 0.3 is 6.03 Å². The first-order valence-corrected chi connectivity index (χ1v) is 10.2. The minimum atomic E-state index is 0.0286. The van der Waals surface area contributed by atoms with Crippen LogP contribution in [0.15, 0.2) is 43.0 Å². The van der Waals surface area contributed by atoms with E-state index in [1.165, 1.54) is 0 Å². The Bertz CT molecular complexity index is 1000. The van der Waals surface area contributed by atoms with Gasteiger partial charge in [0.25, 0.3) is 0 Å². The SMILES string of the molecule is CCn1cnc2c(N3CC4CN(C(=O)NCc5ccccc5)CC4C3)ncnc21. The Morgan fingerprint density at radius 1 is 1.07 bits per heavy atom. The van der Waals surface area contributed by atoms with E-state index in [1.54, 1.807) is 6.33 Å². The molecule has 4 heterocycles. The number of amides is 2. The van der Waals surface area contributed by atoms with Crippen molar-refractivity contribution >= 4 is 23.0 Å². The molecule has 3 aromatic rings. The zero-order valence-corrected chi connectivity index (χ0v) is 16.5. The number of hydrogen-bond acceptors (Lipinski definition) is 5. The molecular formula is C21H25N7O. The monoisotopic (exact) mass is 391 g/mol. The van der Waals surface area contributed by atoms with Crippen LogP contribution in [0, 0.1) is 11.8 Å². The van der Waals surface area contributed by atoms with Crippen LogP contribution in [0.5, 0.6) is 0 Å². The minimum absolute atomic E-state index is 0.0286. The van der Waals surface area contributed by atoms with Gasteiger partial charge in [0, 0.05) is 51.1 Å². The van der Waals surface area contributed by atoms with Gasteiger partial charge in [0.2, 0.25) is 0 Å². The molecule has 5 rings (SSSR count). The van der Waals surface area contributed by atoms with E-state index in [1.807, 2.05) is 46.1 Å². The number of rotatable bonds is 4. The molecule has 2 fully saturated rings. The summed E-state index contributed by atoms with van der Waals surface area (Å²) in [6.07, 6.45) is 3.46. The van der Waals surface area contributed by atoms with E-state index in [4.69, 9.17) is 0 Å². The lowest BCUT2D eigenvalue weighted by molar-refractivity contribution is 0.205. The summed E-state index contributed by atoms with van der Waals surface area (Å²) in [6, 6.07) is 10.0. The van der Waals surface area contributed by atoms with Crippen molar-refractivity contribution in [2.75, 3.05) is 31.1 Å². The molecule has 2 amide bonds. The number of likely N-dealkylation sites (tertiary alicyclic amines) is 1. The van der Waals surface area contributed by atoms with Crippen molar-refractivity contribution in [3.63, 3.8) is 0 Å². The Hall–Kier alpha value is -3.16. The van der Waals surface area contributed by atoms with E-state index in [0.29, 0.717) is 18.4 Å². The molecular weight excluding hydrogens is 366 g/mol. The van der Waals surface area contributed by atoms with Crippen LogP contribution in [0.2, 0.25) is 0 Å². The molecule has 2 aromatic heterocycles. The number of benzene rings is 1. The average molecular weight is 391 g/mol. The van der Waals surface area contributed by atoms with Crippen molar-refractivity contribution in [2.45, 2.75) is 20.0 Å². The summed E-state index contributed by atoms with van der Waals surface area (Å²) in [7, 11) is 0. The fraction of sp³-hybridized carbons (Fsp3) is 0.429. The van der Waals surface area contributed by atoms with Gasteiger partial charge in [-0.25, -0.2) is 19.7 Å². The highest BCUT2D eigenvalue weighted by Crippen LogP contribution is 2.35. The van der Waals surface area contributed by atoms with E-state index in [2.05, 4.69) is 32.1 Å². The van der Waals surface area contributed by atoms with Crippen molar-refractivity contribution in [1.82, 2.24) is 29.7 Å². The molecule has 8 nitrogen and oxygen atoms in total. The van der Waals surface area contributed by atoms with Crippen LogP contribution < -0.4 is 10.2 Å². The smallest absolute Gasteiger partial charge is 0.317 e. The van der Waals surface area contributed by atoms with Crippen LogP contribution in [0.1, 0.15) is 12.5 Å². The Balaban J connectivity index is 1.22. The maximum absolute atomic E-state index is 12.6. The van der Waals surface area contributed by atoms with E-state index in [9.17, 15) is 4.79 Å². The molecule has 0 spiro atoms. The van der Waals surface area contributed by atoms with Crippen LogP contribution in [0.25, 0.3) is 11.2 Å². The standard InChI is InChI=1S/C21H25N7O/c1-2-26-14-25-18-19(26)23-13-24-20(18)27-9-16-11-28(12-17(16)10-27)21(29)22-8-15-6-4-3-5-7-15/h3-7,13-14,16-17H,2,8-12H2,1H3,(H,22,29). The molecule has 8 heteroatoms. The van der Waals surface area contributed by atoms with Crippen LogP contribution in [0.4, 0.5) is 10.6 Å². The molecule has 0 radical (unpaired) electrons. The van der Waals surface area contributed by atoms with E-state index < -0.39 is 0 Å². The Labute approximate surface area is 169 Å². The van der Waals surface area contributed by atoms with E-state index >= 15 is 0 Å².